The summed E-state index contributed by atoms with van der Waals surface area (Å²) in [6, 6.07) is 7.66. The Hall–Kier alpha value is -2.56. The number of nitrogen functional groups attached to an aromatic ring is 1. The fourth-order valence-electron chi connectivity index (χ4n) is 1.61. The first kappa shape index (κ1) is 9.65. The Morgan fingerprint density at radius 2 is 1.76 bits per heavy atom. The second-order valence-corrected chi connectivity index (χ2v) is 3.57. The highest BCUT2D eigenvalue weighted by Crippen LogP contribution is 2.18. The van der Waals surface area contributed by atoms with E-state index in [0.717, 1.165) is 16.6 Å². The molecule has 0 radical (unpaired) electrons. The number of fused-ring (bicyclic) bond motifs is 1. The normalized spacial score (nSPS) is 10.6. The molecule has 0 atom stereocenters. The van der Waals surface area contributed by atoms with Crippen LogP contribution in [-0.2, 0) is 0 Å². The van der Waals surface area contributed by atoms with Gasteiger partial charge in [0.1, 0.15) is 0 Å². The lowest BCUT2D eigenvalue weighted by atomic mass is 10.1. The third kappa shape index (κ3) is 1.78. The highest BCUT2D eigenvalue weighted by Gasteiger charge is 2.02. The Morgan fingerprint density at radius 1 is 0.941 bits per heavy atom. The Morgan fingerprint density at radius 3 is 2.59 bits per heavy atom. The van der Waals surface area contributed by atoms with Gasteiger partial charge in [-0.1, -0.05) is 0 Å². The van der Waals surface area contributed by atoms with E-state index in [-0.39, 0.29) is 5.95 Å². The van der Waals surface area contributed by atoms with Crippen LogP contribution in [-0.4, -0.2) is 19.9 Å². The average molecular weight is 223 g/mol. The smallest absolute Gasteiger partial charge is 0.222 e. The molecular formula is C12H9N5. The predicted molar refractivity (Wildman–Crippen MR) is 65.0 cm³/mol. The van der Waals surface area contributed by atoms with E-state index in [1.165, 1.54) is 0 Å². The van der Waals surface area contributed by atoms with Crippen molar-refractivity contribution in [3.63, 3.8) is 0 Å². The molecule has 0 aromatic carbocycles. The van der Waals surface area contributed by atoms with E-state index in [1.54, 1.807) is 18.6 Å². The van der Waals surface area contributed by atoms with Gasteiger partial charge in [-0.3, -0.25) is 4.98 Å². The van der Waals surface area contributed by atoms with Gasteiger partial charge >= 0.3 is 0 Å². The van der Waals surface area contributed by atoms with Crippen molar-refractivity contribution in [2.75, 3.05) is 5.73 Å². The van der Waals surface area contributed by atoms with E-state index in [1.807, 2.05) is 24.3 Å². The molecule has 5 nitrogen and oxygen atoms in total. The van der Waals surface area contributed by atoms with Crippen molar-refractivity contribution >= 4 is 17.0 Å². The van der Waals surface area contributed by atoms with E-state index in [9.17, 15) is 0 Å². The van der Waals surface area contributed by atoms with Gasteiger partial charge < -0.3 is 5.73 Å². The molecule has 0 saturated heterocycles. The first-order valence-corrected chi connectivity index (χ1v) is 5.12. The maximum Gasteiger partial charge on any atom is 0.222 e. The van der Waals surface area contributed by atoms with Gasteiger partial charge in [0.25, 0.3) is 0 Å². The molecule has 3 rings (SSSR count). The monoisotopic (exact) mass is 223 g/mol. The minimum Gasteiger partial charge on any atom is -0.368 e. The quantitative estimate of drug-likeness (QED) is 0.679. The lowest BCUT2D eigenvalue weighted by Crippen LogP contribution is -1.96. The Balaban J connectivity index is 2.19. The molecule has 3 aromatic rings. The Kier molecular flexibility index (Phi) is 2.15. The second kappa shape index (κ2) is 3.79. The molecule has 0 aliphatic rings. The van der Waals surface area contributed by atoms with Crippen LogP contribution < -0.4 is 5.73 Å². The van der Waals surface area contributed by atoms with E-state index in [0.29, 0.717) is 5.65 Å². The van der Waals surface area contributed by atoms with Gasteiger partial charge in [0.05, 0.1) is 5.69 Å². The zero-order valence-corrected chi connectivity index (χ0v) is 8.91. The summed E-state index contributed by atoms with van der Waals surface area (Å²) in [5, 5.41) is 0.872. The molecule has 3 aromatic heterocycles. The molecular weight excluding hydrogens is 214 g/mol. The van der Waals surface area contributed by atoms with Crippen LogP contribution in [0.1, 0.15) is 0 Å². The van der Waals surface area contributed by atoms with Crippen molar-refractivity contribution in [2.45, 2.75) is 0 Å². The number of anilines is 1. The number of hydrogen-bond acceptors (Lipinski definition) is 5. The molecule has 0 saturated carbocycles. The van der Waals surface area contributed by atoms with E-state index in [4.69, 9.17) is 5.73 Å². The predicted octanol–water partition coefficient (Wildman–Crippen LogP) is 1.67. The Bertz CT molecular complexity index is 666. The molecule has 0 spiro atoms. The first-order chi connectivity index (χ1) is 8.33. The summed E-state index contributed by atoms with van der Waals surface area (Å²) < 4.78 is 0. The summed E-state index contributed by atoms with van der Waals surface area (Å²) in [4.78, 5) is 16.4. The number of nitrogens with zero attached hydrogens (tertiary/aromatic N) is 4. The summed E-state index contributed by atoms with van der Waals surface area (Å²) in [7, 11) is 0. The molecule has 3 heterocycles. The SMILES string of the molecule is Nc1ncc2ccc(-c3ccncc3)nc2n1. The molecule has 0 fully saturated rings. The molecule has 17 heavy (non-hydrogen) atoms. The van der Waals surface area contributed by atoms with Crippen molar-refractivity contribution in [1.29, 1.82) is 0 Å². The standard InChI is InChI=1S/C12H9N5/c13-12-15-7-9-1-2-10(16-11(9)17-12)8-3-5-14-6-4-8/h1-7H,(H2,13,15,16,17). The lowest BCUT2D eigenvalue weighted by Gasteiger charge is -2.02. The molecule has 0 bridgehead atoms. The fraction of sp³-hybridized carbons (Fsp3) is 0. The van der Waals surface area contributed by atoms with Gasteiger partial charge in [-0.15, -0.1) is 0 Å². The minimum absolute atomic E-state index is 0.233. The topological polar surface area (TPSA) is 77.6 Å². The van der Waals surface area contributed by atoms with Gasteiger partial charge in [-0.05, 0) is 24.3 Å². The van der Waals surface area contributed by atoms with Crippen molar-refractivity contribution in [3.05, 3.63) is 42.9 Å². The van der Waals surface area contributed by atoms with Crippen LogP contribution in [0.2, 0.25) is 0 Å². The van der Waals surface area contributed by atoms with E-state index in [2.05, 4.69) is 19.9 Å². The van der Waals surface area contributed by atoms with E-state index < -0.39 is 0 Å². The maximum absolute atomic E-state index is 5.54. The average Bonchev–Trinajstić information content (AvgIpc) is 2.39. The molecule has 5 heteroatoms. The summed E-state index contributed by atoms with van der Waals surface area (Å²) >= 11 is 0. The van der Waals surface area contributed by atoms with Crippen molar-refractivity contribution in [1.82, 2.24) is 19.9 Å². The first-order valence-electron chi connectivity index (χ1n) is 5.12. The third-order valence-corrected chi connectivity index (χ3v) is 2.44. The van der Waals surface area contributed by atoms with Crippen LogP contribution in [0.4, 0.5) is 5.95 Å². The Labute approximate surface area is 97.4 Å². The van der Waals surface area contributed by atoms with Crippen molar-refractivity contribution in [3.8, 4) is 11.3 Å². The highest BCUT2D eigenvalue weighted by atomic mass is 15.0. The summed E-state index contributed by atoms with van der Waals surface area (Å²) in [6.07, 6.45) is 5.13. The van der Waals surface area contributed by atoms with Crippen LogP contribution >= 0.6 is 0 Å². The summed E-state index contributed by atoms with van der Waals surface area (Å²) in [5.74, 6) is 0.233. The lowest BCUT2D eigenvalue weighted by molar-refractivity contribution is 1.20. The van der Waals surface area contributed by atoms with Gasteiger partial charge in [-0.2, -0.15) is 4.98 Å². The van der Waals surface area contributed by atoms with Gasteiger partial charge in [0, 0.05) is 29.5 Å². The minimum atomic E-state index is 0.233. The summed E-state index contributed by atoms with van der Waals surface area (Å²) in [5.41, 5.74) is 7.99. The molecule has 82 valence electrons. The number of aromatic nitrogens is 4. The van der Waals surface area contributed by atoms with Gasteiger partial charge in [-0.25, -0.2) is 9.97 Å². The summed E-state index contributed by atoms with van der Waals surface area (Å²) in [6.45, 7) is 0. The van der Waals surface area contributed by atoms with Crippen LogP contribution in [0.15, 0.2) is 42.9 Å². The number of rotatable bonds is 1. The molecule has 0 unspecified atom stereocenters. The molecule has 0 amide bonds. The largest absolute Gasteiger partial charge is 0.368 e. The number of pyridine rings is 2. The van der Waals surface area contributed by atoms with Gasteiger partial charge in [0.15, 0.2) is 5.65 Å². The maximum atomic E-state index is 5.54. The van der Waals surface area contributed by atoms with E-state index >= 15 is 0 Å². The van der Waals surface area contributed by atoms with Crippen molar-refractivity contribution < 1.29 is 0 Å². The van der Waals surface area contributed by atoms with Crippen LogP contribution in [0.5, 0.6) is 0 Å². The van der Waals surface area contributed by atoms with Crippen LogP contribution in [0.25, 0.3) is 22.3 Å². The van der Waals surface area contributed by atoms with Gasteiger partial charge in [0.2, 0.25) is 5.95 Å². The number of nitrogens with two attached hydrogens (primary N) is 1. The molecule has 2 N–H and O–H groups in total. The van der Waals surface area contributed by atoms with Crippen LogP contribution in [0, 0.1) is 0 Å². The second-order valence-electron chi connectivity index (χ2n) is 3.57. The third-order valence-electron chi connectivity index (χ3n) is 2.44. The zero-order chi connectivity index (χ0) is 11.7. The zero-order valence-electron chi connectivity index (χ0n) is 8.91. The molecule has 0 aliphatic carbocycles. The number of hydrogen-bond donors (Lipinski definition) is 1. The van der Waals surface area contributed by atoms with Crippen molar-refractivity contribution in [2.24, 2.45) is 0 Å². The van der Waals surface area contributed by atoms with Crippen LogP contribution in [0.3, 0.4) is 0 Å². The highest BCUT2D eigenvalue weighted by molar-refractivity contribution is 5.78. The molecule has 0 aliphatic heterocycles. The fourth-order valence-corrected chi connectivity index (χ4v) is 1.61.